The molecule has 6 heteroatoms. The molecule has 94 valence electrons. The highest BCUT2D eigenvalue weighted by Crippen LogP contribution is 2.37. The molecule has 0 bridgehead atoms. The Hall–Kier alpha value is -0.620. The Kier molecular flexibility index (Phi) is 4.32. The van der Waals surface area contributed by atoms with E-state index in [1.807, 2.05) is 0 Å². The normalized spacial score (nSPS) is 19.8. The maximum Gasteiger partial charge on any atom is 0.310 e. The van der Waals surface area contributed by atoms with E-state index in [9.17, 15) is 13.2 Å². The van der Waals surface area contributed by atoms with Crippen molar-refractivity contribution in [1.82, 2.24) is 4.72 Å². The molecule has 2 N–H and O–H groups in total. The fraction of sp³-hybridized carbons (Fsp3) is 0.900. The Balaban J connectivity index is 2.61. The van der Waals surface area contributed by atoms with E-state index in [1.54, 1.807) is 6.92 Å². The van der Waals surface area contributed by atoms with Crippen LogP contribution in [0.1, 0.15) is 39.0 Å². The zero-order valence-electron chi connectivity index (χ0n) is 9.53. The lowest BCUT2D eigenvalue weighted by Gasteiger charge is -2.23. The van der Waals surface area contributed by atoms with E-state index in [0.717, 1.165) is 12.8 Å². The van der Waals surface area contributed by atoms with Crippen LogP contribution < -0.4 is 4.72 Å². The minimum absolute atomic E-state index is 0.0324. The average Bonchev–Trinajstić information content (AvgIpc) is 2.64. The first kappa shape index (κ1) is 13.4. The number of hydrogen-bond acceptors (Lipinski definition) is 3. The van der Waals surface area contributed by atoms with Crippen molar-refractivity contribution in [2.75, 3.05) is 12.3 Å². The third kappa shape index (κ3) is 3.18. The first-order valence-electron chi connectivity index (χ1n) is 5.63. The van der Waals surface area contributed by atoms with Crippen LogP contribution >= 0.6 is 0 Å². The SMILES string of the molecule is CCCS(=O)(=O)NCC1(C(=O)O)CCCC1. The quantitative estimate of drug-likeness (QED) is 0.734. The smallest absolute Gasteiger partial charge is 0.310 e. The van der Waals surface area contributed by atoms with E-state index < -0.39 is 21.4 Å². The van der Waals surface area contributed by atoms with Gasteiger partial charge in [-0.1, -0.05) is 19.8 Å². The molecule has 0 aromatic rings. The Morgan fingerprint density at radius 2 is 1.94 bits per heavy atom. The average molecular weight is 249 g/mol. The van der Waals surface area contributed by atoms with Crippen molar-refractivity contribution in [3.05, 3.63) is 0 Å². The molecule has 0 unspecified atom stereocenters. The second-order valence-corrected chi connectivity index (χ2v) is 6.36. The predicted molar refractivity (Wildman–Crippen MR) is 60.6 cm³/mol. The third-order valence-electron chi connectivity index (χ3n) is 3.12. The van der Waals surface area contributed by atoms with Gasteiger partial charge in [0.05, 0.1) is 11.2 Å². The summed E-state index contributed by atoms with van der Waals surface area (Å²) in [5, 5.41) is 9.16. The second kappa shape index (κ2) is 5.14. The summed E-state index contributed by atoms with van der Waals surface area (Å²) in [5.74, 6) is -0.827. The van der Waals surface area contributed by atoms with Crippen LogP contribution in [0.4, 0.5) is 0 Å². The van der Waals surface area contributed by atoms with Crippen LogP contribution in [0, 0.1) is 5.41 Å². The van der Waals surface area contributed by atoms with E-state index in [0.29, 0.717) is 19.3 Å². The van der Waals surface area contributed by atoms with Crippen molar-refractivity contribution in [3.8, 4) is 0 Å². The van der Waals surface area contributed by atoms with Crippen LogP contribution in [0.5, 0.6) is 0 Å². The van der Waals surface area contributed by atoms with E-state index in [1.165, 1.54) is 0 Å². The van der Waals surface area contributed by atoms with Crippen molar-refractivity contribution in [2.45, 2.75) is 39.0 Å². The molecule has 0 radical (unpaired) electrons. The summed E-state index contributed by atoms with van der Waals surface area (Å²) in [6.45, 7) is 1.81. The monoisotopic (exact) mass is 249 g/mol. The number of rotatable bonds is 6. The summed E-state index contributed by atoms with van der Waals surface area (Å²) in [4.78, 5) is 11.2. The van der Waals surface area contributed by atoms with E-state index >= 15 is 0 Å². The molecule has 1 saturated carbocycles. The number of hydrogen-bond donors (Lipinski definition) is 2. The topological polar surface area (TPSA) is 83.5 Å². The molecule has 0 saturated heterocycles. The van der Waals surface area contributed by atoms with Gasteiger partial charge < -0.3 is 5.11 Å². The van der Waals surface area contributed by atoms with Gasteiger partial charge in [-0.15, -0.1) is 0 Å². The Morgan fingerprint density at radius 1 is 1.38 bits per heavy atom. The summed E-state index contributed by atoms with van der Waals surface area (Å²) in [6, 6.07) is 0. The maximum atomic E-state index is 11.4. The lowest BCUT2D eigenvalue weighted by Crippen LogP contribution is -2.41. The lowest BCUT2D eigenvalue weighted by atomic mass is 9.87. The number of aliphatic carboxylic acids is 1. The van der Waals surface area contributed by atoms with Crippen LogP contribution in [0.2, 0.25) is 0 Å². The molecule has 1 fully saturated rings. The number of sulfonamides is 1. The molecular weight excluding hydrogens is 230 g/mol. The number of carbonyl (C=O) groups is 1. The molecule has 0 aliphatic heterocycles. The first-order valence-corrected chi connectivity index (χ1v) is 7.28. The van der Waals surface area contributed by atoms with Crippen molar-refractivity contribution in [1.29, 1.82) is 0 Å². The molecule has 0 amide bonds. The van der Waals surface area contributed by atoms with Crippen molar-refractivity contribution in [3.63, 3.8) is 0 Å². The molecule has 0 heterocycles. The molecule has 5 nitrogen and oxygen atoms in total. The minimum Gasteiger partial charge on any atom is -0.481 e. The lowest BCUT2D eigenvalue weighted by molar-refractivity contribution is -0.148. The summed E-state index contributed by atoms with van der Waals surface area (Å²) in [7, 11) is -3.30. The van der Waals surface area contributed by atoms with Crippen LogP contribution in [0.3, 0.4) is 0 Å². The summed E-state index contributed by atoms with van der Waals surface area (Å²) in [5.41, 5.74) is -0.874. The van der Waals surface area contributed by atoms with Crippen LogP contribution in [-0.2, 0) is 14.8 Å². The Morgan fingerprint density at radius 3 is 2.38 bits per heavy atom. The third-order valence-corrected chi connectivity index (χ3v) is 4.65. The second-order valence-electron chi connectivity index (χ2n) is 4.43. The minimum atomic E-state index is -3.30. The first-order chi connectivity index (χ1) is 7.42. The fourth-order valence-corrected chi connectivity index (χ4v) is 3.29. The molecule has 0 spiro atoms. The molecular formula is C10H19NO4S. The van der Waals surface area contributed by atoms with Gasteiger partial charge in [-0.2, -0.15) is 0 Å². The molecule has 1 aliphatic carbocycles. The predicted octanol–water partition coefficient (Wildman–Crippen LogP) is 0.961. The Bertz CT molecular complexity index is 344. The molecule has 0 atom stereocenters. The molecule has 1 rings (SSSR count). The summed E-state index contributed by atoms with van der Waals surface area (Å²) >= 11 is 0. The highest BCUT2D eigenvalue weighted by Gasteiger charge is 2.41. The zero-order chi connectivity index (χ0) is 12.2. The molecule has 16 heavy (non-hydrogen) atoms. The highest BCUT2D eigenvalue weighted by molar-refractivity contribution is 7.89. The van der Waals surface area contributed by atoms with Gasteiger partial charge >= 0.3 is 5.97 Å². The maximum absolute atomic E-state index is 11.4. The van der Waals surface area contributed by atoms with Gasteiger partial charge in [0.15, 0.2) is 0 Å². The van der Waals surface area contributed by atoms with Crippen LogP contribution in [-0.4, -0.2) is 31.8 Å². The van der Waals surface area contributed by atoms with Gasteiger partial charge in [0.2, 0.25) is 10.0 Å². The van der Waals surface area contributed by atoms with Gasteiger partial charge in [0.25, 0.3) is 0 Å². The molecule has 0 aromatic heterocycles. The summed E-state index contributed by atoms with van der Waals surface area (Å²) < 4.78 is 25.3. The van der Waals surface area contributed by atoms with Crippen molar-refractivity contribution >= 4 is 16.0 Å². The summed E-state index contributed by atoms with van der Waals surface area (Å²) in [6.07, 6.45) is 3.40. The number of carboxylic acids is 1. The Labute approximate surface area is 96.3 Å². The van der Waals surface area contributed by atoms with E-state index in [4.69, 9.17) is 5.11 Å². The van der Waals surface area contributed by atoms with Gasteiger partial charge in [-0.25, -0.2) is 13.1 Å². The van der Waals surface area contributed by atoms with Gasteiger partial charge in [0.1, 0.15) is 0 Å². The highest BCUT2D eigenvalue weighted by atomic mass is 32.2. The number of carboxylic acid groups (broad SMARTS) is 1. The molecule has 0 aromatic carbocycles. The largest absolute Gasteiger partial charge is 0.481 e. The van der Waals surface area contributed by atoms with E-state index in [2.05, 4.69) is 4.72 Å². The van der Waals surface area contributed by atoms with Gasteiger partial charge in [-0.05, 0) is 19.3 Å². The van der Waals surface area contributed by atoms with Crippen molar-refractivity contribution in [2.24, 2.45) is 5.41 Å². The molecule has 1 aliphatic rings. The van der Waals surface area contributed by atoms with Crippen LogP contribution in [0.25, 0.3) is 0 Å². The van der Waals surface area contributed by atoms with Crippen molar-refractivity contribution < 1.29 is 18.3 Å². The fourth-order valence-electron chi connectivity index (χ4n) is 2.11. The number of nitrogens with one attached hydrogen (secondary N) is 1. The van der Waals surface area contributed by atoms with Gasteiger partial charge in [-0.3, -0.25) is 4.79 Å². The van der Waals surface area contributed by atoms with E-state index in [-0.39, 0.29) is 12.3 Å². The van der Waals surface area contributed by atoms with Crippen LogP contribution in [0.15, 0.2) is 0 Å². The zero-order valence-corrected chi connectivity index (χ0v) is 10.3. The standard InChI is InChI=1S/C10H19NO4S/c1-2-7-16(14,15)11-8-10(9(12)13)5-3-4-6-10/h11H,2-8H2,1H3,(H,12,13). The van der Waals surface area contributed by atoms with Gasteiger partial charge in [0, 0.05) is 6.54 Å².